The van der Waals surface area contributed by atoms with Gasteiger partial charge in [-0.1, -0.05) is 39.0 Å². The van der Waals surface area contributed by atoms with Crippen molar-refractivity contribution in [3.05, 3.63) is 30.3 Å². The van der Waals surface area contributed by atoms with E-state index in [-0.39, 0.29) is 5.41 Å². The van der Waals surface area contributed by atoms with Crippen molar-refractivity contribution in [1.29, 1.82) is 0 Å². The molecule has 130 valence electrons. The third-order valence-corrected chi connectivity index (χ3v) is 4.45. The first kappa shape index (κ1) is 19.8. The van der Waals surface area contributed by atoms with Crippen molar-refractivity contribution in [2.75, 3.05) is 40.8 Å². The molecule has 0 aliphatic carbocycles. The van der Waals surface area contributed by atoms with E-state index in [1.165, 1.54) is 4.90 Å². The maximum absolute atomic E-state index is 4.32. The largest absolute Gasteiger partial charge is 0.356 e. The normalized spacial score (nSPS) is 14.0. The van der Waals surface area contributed by atoms with Crippen LogP contribution in [0, 0.1) is 5.41 Å². The lowest BCUT2D eigenvalue weighted by Gasteiger charge is -2.29. The SMILES string of the molecule is CN=C(NCC(C)Sc1ccccc1)NCC(C)(C)CN(C)C. The predicted molar refractivity (Wildman–Crippen MR) is 103 cm³/mol. The zero-order chi connectivity index (χ0) is 17.3. The van der Waals surface area contributed by atoms with E-state index in [2.05, 4.69) is 79.7 Å². The van der Waals surface area contributed by atoms with E-state index in [0.717, 1.165) is 25.6 Å². The minimum absolute atomic E-state index is 0.200. The lowest BCUT2D eigenvalue weighted by Crippen LogP contribution is -2.46. The van der Waals surface area contributed by atoms with Gasteiger partial charge in [-0.25, -0.2) is 0 Å². The van der Waals surface area contributed by atoms with Crippen LogP contribution in [0.15, 0.2) is 40.2 Å². The molecule has 1 atom stereocenters. The van der Waals surface area contributed by atoms with Crippen LogP contribution in [0.1, 0.15) is 20.8 Å². The fourth-order valence-electron chi connectivity index (χ4n) is 2.47. The van der Waals surface area contributed by atoms with Gasteiger partial charge in [-0.05, 0) is 31.6 Å². The van der Waals surface area contributed by atoms with E-state index >= 15 is 0 Å². The molecule has 0 aromatic heterocycles. The van der Waals surface area contributed by atoms with Gasteiger partial charge in [0.25, 0.3) is 0 Å². The molecule has 0 saturated heterocycles. The summed E-state index contributed by atoms with van der Waals surface area (Å²) in [4.78, 5) is 7.84. The highest BCUT2D eigenvalue weighted by Gasteiger charge is 2.19. The third kappa shape index (κ3) is 8.86. The molecular formula is C18H32N4S. The highest BCUT2D eigenvalue weighted by atomic mass is 32.2. The molecule has 0 spiro atoms. The Labute approximate surface area is 146 Å². The number of nitrogens with one attached hydrogen (secondary N) is 2. The fraction of sp³-hybridized carbons (Fsp3) is 0.611. The Balaban J connectivity index is 2.36. The van der Waals surface area contributed by atoms with Gasteiger partial charge in [0, 0.05) is 36.8 Å². The predicted octanol–water partition coefficient (Wildman–Crippen LogP) is 2.92. The molecular weight excluding hydrogens is 304 g/mol. The second-order valence-electron chi connectivity index (χ2n) is 6.95. The minimum Gasteiger partial charge on any atom is -0.356 e. The number of guanidine groups is 1. The quantitative estimate of drug-likeness (QED) is 0.435. The topological polar surface area (TPSA) is 39.7 Å². The van der Waals surface area contributed by atoms with Crippen LogP contribution in [0.5, 0.6) is 0 Å². The Morgan fingerprint density at radius 3 is 2.43 bits per heavy atom. The highest BCUT2D eigenvalue weighted by molar-refractivity contribution is 8.00. The summed E-state index contributed by atoms with van der Waals surface area (Å²) >= 11 is 1.88. The van der Waals surface area contributed by atoms with Crippen LogP contribution in [0.4, 0.5) is 0 Å². The fourth-order valence-corrected chi connectivity index (χ4v) is 3.41. The molecule has 0 heterocycles. The first-order chi connectivity index (χ1) is 10.8. The van der Waals surface area contributed by atoms with E-state index in [0.29, 0.717) is 5.25 Å². The molecule has 0 aliphatic rings. The molecule has 0 aliphatic heterocycles. The molecule has 0 radical (unpaired) electrons. The molecule has 1 rings (SSSR count). The van der Waals surface area contributed by atoms with Crippen LogP contribution in [0.2, 0.25) is 0 Å². The van der Waals surface area contributed by atoms with E-state index in [9.17, 15) is 0 Å². The summed E-state index contributed by atoms with van der Waals surface area (Å²) < 4.78 is 0. The maximum Gasteiger partial charge on any atom is 0.191 e. The maximum atomic E-state index is 4.32. The monoisotopic (exact) mass is 336 g/mol. The van der Waals surface area contributed by atoms with Gasteiger partial charge in [-0.15, -0.1) is 11.8 Å². The Morgan fingerprint density at radius 1 is 1.22 bits per heavy atom. The second-order valence-corrected chi connectivity index (χ2v) is 8.46. The number of hydrogen-bond donors (Lipinski definition) is 2. The van der Waals surface area contributed by atoms with Crippen LogP contribution < -0.4 is 10.6 Å². The molecule has 0 fully saturated rings. The Morgan fingerprint density at radius 2 is 1.87 bits per heavy atom. The van der Waals surface area contributed by atoms with Gasteiger partial charge in [0.05, 0.1) is 0 Å². The van der Waals surface area contributed by atoms with Crippen LogP contribution in [0.3, 0.4) is 0 Å². The van der Waals surface area contributed by atoms with Crippen molar-refractivity contribution >= 4 is 17.7 Å². The van der Waals surface area contributed by atoms with Gasteiger partial charge < -0.3 is 15.5 Å². The van der Waals surface area contributed by atoms with Crippen molar-refractivity contribution in [3.8, 4) is 0 Å². The number of aliphatic imine (C=N–C) groups is 1. The average Bonchev–Trinajstić information content (AvgIpc) is 2.47. The van der Waals surface area contributed by atoms with E-state index < -0.39 is 0 Å². The Bertz CT molecular complexity index is 471. The number of benzene rings is 1. The van der Waals surface area contributed by atoms with Crippen LogP contribution in [-0.2, 0) is 0 Å². The summed E-state index contributed by atoms with van der Waals surface area (Å²) in [5, 5.41) is 7.33. The smallest absolute Gasteiger partial charge is 0.191 e. The summed E-state index contributed by atoms with van der Waals surface area (Å²) in [6.07, 6.45) is 0. The standard InChI is InChI=1S/C18H32N4S/c1-15(23-16-10-8-7-9-11-16)12-20-17(19-4)21-13-18(2,3)14-22(5)6/h7-11,15H,12-14H2,1-6H3,(H2,19,20,21). The van der Waals surface area contributed by atoms with E-state index in [1.807, 2.05) is 24.9 Å². The average molecular weight is 337 g/mol. The Hall–Kier alpha value is -1.20. The molecule has 0 saturated carbocycles. The van der Waals surface area contributed by atoms with Crippen molar-refractivity contribution in [3.63, 3.8) is 0 Å². The highest BCUT2D eigenvalue weighted by Crippen LogP contribution is 2.21. The summed E-state index contributed by atoms with van der Waals surface area (Å²) in [6, 6.07) is 10.5. The summed E-state index contributed by atoms with van der Waals surface area (Å²) in [5.74, 6) is 0.873. The second kappa shape index (κ2) is 9.83. The van der Waals surface area contributed by atoms with Crippen molar-refractivity contribution in [2.24, 2.45) is 10.4 Å². The lowest BCUT2D eigenvalue weighted by molar-refractivity contribution is 0.241. The molecule has 0 bridgehead atoms. The molecule has 1 aromatic rings. The third-order valence-electron chi connectivity index (χ3n) is 3.34. The number of rotatable bonds is 8. The van der Waals surface area contributed by atoms with Crippen LogP contribution >= 0.6 is 11.8 Å². The van der Waals surface area contributed by atoms with Gasteiger partial charge >= 0.3 is 0 Å². The molecule has 2 N–H and O–H groups in total. The Kier molecular flexibility index (Phi) is 8.48. The van der Waals surface area contributed by atoms with Gasteiger partial charge in [0.2, 0.25) is 0 Å². The zero-order valence-corrected chi connectivity index (χ0v) is 16.2. The van der Waals surface area contributed by atoms with E-state index in [4.69, 9.17) is 0 Å². The van der Waals surface area contributed by atoms with Gasteiger partial charge in [0.15, 0.2) is 5.96 Å². The number of nitrogens with zero attached hydrogens (tertiary/aromatic N) is 2. The van der Waals surface area contributed by atoms with Crippen LogP contribution in [-0.4, -0.2) is 56.9 Å². The van der Waals surface area contributed by atoms with Gasteiger partial charge in [-0.3, -0.25) is 4.99 Å². The lowest BCUT2D eigenvalue weighted by atomic mass is 9.93. The van der Waals surface area contributed by atoms with Crippen molar-refractivity contribution < 1.29 is 0 Å². The first-order valence-corrected chi connectivity index (χ1v) is 9.01. The first-order valence-electron chi connectivity index (χ1n) is 8.13. The molecule has 1 unspecified atom stereocenters. The minimum atomic E-state index is 0.200. The molecule has 0 amide bonds. The summed E-state index contributed by atoms with van der Waals surface area (Å²) in [5.41, 5.74) is 0.200. The van der Waals surface area contributed by atoms with Gasteiger partial charge in [0.1, 0.15) is 0 Å². The molecule has 1 aromatic carbocycles. The number of hydrogen-bond acceptors (Lipinski definition) is 3. The number of thioether (sulfide) groups is 1. The zero-order valence-electron chi connectivity index (χ0n) is 15.4. The van der Waals surface area contributed by atoms with E-state index in [1.54, 1.807) is 0 Å². The van der Waals surface area contributed by atoms with Crippen LogP contribution in [0.25, 0.3) is 0 Å². The van der Waals surface area contributed by atoms with Crippen molar-refractivity contribution in [2.45, 2.75) is 30.9 Å². The van der Waals surface area contributed by atoms with Gasteiger partial charge in [-0.2, -0.15) is 0 Å². The molecule has 5 heteroatoms. The summed E-state index contributed by atoms with van der Waals surface area (Å²) in [7, 11) is 6.04. The molecule has 23 heavy (non-hydrogen) atoms. The summed E-state index contributed by atoms with van der Waals surface area (Å²) in [6.45, 7) is 9.58. The van der Waals surface area contributed by atoms with Crippen molar-refractivity contribution in [1.82, 2.24) is 15.5 Å². The molecule has 4 nitrogen and oxygen atoms in total.